The summed E-state index contributed by atoms with van der Waals surface area (Å²) in [5.41, 5.74) is 1.81. The summed E-state index contributed by atoms with van der Waals surface area (Å²) in [6.07, 6.45) is 12.9. The number of rotatable bonds is 3. The lowest BCUT2D eigenvalue weighted by atomic mass is 9.75. The molecule has 0 fully saturated rings. The number of hydrogen-bond donors (Lipinski definition) is 0. The lowest BCUT2D eigenvalue weighted by Gasteiger charge is -2.29. The summed E-state index contributed by atoms with van der Waals surface area (Å²) in [5.74, 6) is 0. The Morgan fingerprint density at radius 3 is 2.33 bits per heavy atom. The molecule has 0 aliphatic heterocycles. The van der Waals surface area contributed by atoms with Gasteiger partial charge in [-0.05, 0) is 37.2 Å². The molecule has 0 saturated heterocycles. The lowest BCUT2D eigenvalue weighted by molar-refractivity contribution is 0.338. The second-order valence-corrected chi connectivity index (χ2v) is 3.61. The van der Waals surface area contributed by atoms with Gasteiger partial charge in [-0.15, -0.1) is 0 Å². The second-order valence-electron chi connectivity index (χ2n) is 3.61. The Morgan fingerprint density at radius 1 is 1.33 bits per heavy atom. The van der Waals surface area contributed by atoms with Crippen LogP contribution >= 0.6 is 0 Å². The SMILES string of the molecule is CCC1=CCC(CC)(CC)[C]=C1. The van der Waals surface area contributed by atoms with Crippen LogP contribution in [0, 0.1) is 11.5 Å². The van der Waals surface area contributed by atoms with Crippen molar-refractivity contribution in [2.45, 2.75) is 46.5 Å². The predicted octanol–water partition coefficient (Wildman–Crippen LogP) is 3.89. The Balaban J connectivity index is 2.67. The van der Waals surface area contributed by atoms with Gasteiger partial charge in [-0.2, -0.15) is 0 Å². The van der Waals surface area contributed by atoms with Gasteiger partial charge in [0.2, 0.25) is 0 Å². The average Bonchev–Trinajstić information content (AvgIpc) is 2.18. The molecule has 0 saturated carbocycles. The Kier molecular flexibility index (Phi) is 3.13. The zero-order valence-corrected chi connectivity index (χ0v) is 8.48. The molecule has 0 heteroatoms. The van der Waals surface area contributed by atoms with Crippen molar-refractivity contribution in [3.8, 4) is 0 Å². The third-order valence-corrected chi connectivity index (χ3v) is 3.08. The molecule has 0 aromatic carbocycles. The standard InChI is InChI=1S/C12H19/c1-4-11-7-9-12(5-2,6-3)10-8-11/h7-8H,4-6,9H2,1-3H3. The van der Waals surface area contributed by atoms with Gasteiger partial charge in [0.05, 0.1) is 0 Å². The third kappa shape index (κ3) is 1.80. The van der Waals surface area contributed by atoms with Crippen molar-refractivity contribution in [2.24, 2.45) is 5.41 Å². The maximum Gasteiger partial charge on any atom is -0.00145 e. The molecule has 0 aromatic rings. The Morgan fingerprint density at radius 2 is 2.00 bits per heavy atom. The molecule has 67 valence electrons. The van der Waals surface area contributed by atoms with E-state index in [0.29, 0.717) is 5.41 Å². The highest BCUT2D eigenvalue weighted by molar-refractivity contribution is 5.23. The van der Waals surface area contributed by atoms with Gasteiger partial charge >= 0.3 is 0 Å². The van der Waals surface area contributed by atoms with Gasteiger partial charge < -0.3 is 0 Å². The highest BCUT2D eigenvalue weighted by Crippen LogP contribution is 2.35. The number of hydrogen-bond acceptors (Lipinski definition) is 0. The molecule has 0 unspecified atom stereocenters. The van der Waals surface area contributed by atoms with Gasteiger partial charge in [0, 0.05) is 0 Å². The second kappa shape index (κ2) is 3.93. The van der Waals surface area contributed by atoms with Crippen LogP contribution in [0.4, 0.5) is 0 Å². The van der Waals surface area contributed by atoms with Gasteiger partial charge in [0.1, 0.15) is 0 Å². The van der Waals surface area contributed by atoms with E-state index in [-0.39, 0.29) is 0 Å². The molecular formula is C12H19. The van der Waals surface area contributed by atoms with Gasteiger partial charge in [0.25, 0.3) is 0 Å². The molecule has 0 aromatic heterocycles. The van der Waals surface area contributed by atoms with E-state index in [1.54, 1.807) is 0 Å². The summed E-state index contributed by atoms with van der Waals surface area (Å²) in [5, 5.41) is 0. The molecule has 0 nitrogen and oxygen atoms in total. The summed E-state index contributed by atoms with van der Waals surface area (Å²) in [6, 6.07) is 0. The minimum absolute atomic E-state index is 0.360. The van der Waals surface area contributed by atoms with Crippen molar-refractivity contribution in [1.82, 2.24) is 0 Å². The molecule has 0 N–H and O–H groups in total. The maximum absolute atomic E-state index is 3.54. The van der Waals surface area contributed by atoms with E-state index in [1.165, 1.54) is 24.8 Å². The van der Waals surface area contributed by atoms with E-state index in [4.69, 9.17) is 0 Å². The van der Waals surface area contributed by atoms with Crippen molar-refractivity contribution in [1.29, 1.82) is 0 Å². The largest absolute Gasteiger partial charge is 0.0804 e. The first kappa shape index (κ1) is 9.57. The first-order valence-corrected chi connectivity index (χ1v) is 5.06. The average molecular weight is 163 g/mol. The van der Waals surface area contributed by atoms with Crippen molar-refractivity contribution in [2.75, 3.05) is 0 Å². The summed E-state index contributed by atoms with van der Waals surface area (Å²) >= 11 is 0. The highest BCUT2D eigenvalue weighted by atomic mass is 14.3. The van der Waals surface area contributed by atoms with Crippen LogP contribution in [-0.4, -0.2) is 0 Å². The van der Waals surface area contributed by atoms with Crippen LogP contribution in [0.3, 0.4) is 0 Å². The van der Waals surface area contributed by atoms with E-state index < -0.39 is 0 Å². The van der Waals surface area contributed by atoms with Crippen LogP contribution in [0.15, 0.2) is 17.7 Å². The zero-order valence-electron chi connectivity index (χ0n) is 8.48. The van der Waals surface area contributed by atoms with Gasteiger partial charge in [-0.3, -0.25) is 0 Å². The van der Waals surface area contributed by atoms with Gasteiger partial charge in [0.15, 0.2) is 0 Å². The first-order chi connectivity index (χ1) is 5.76. The molecule has 1 rings (SSSR count). The minimum atomic E-state index is 0.360. The topological polar surface area (TPSA) is 0 Å². The van der Waals surface area contributed by atoms with E-state index in [1.807, 2.05) is 0 Å². The van der Waals surface area contributed by atoms with Crippen molar-refractivity contribution in [3.05, 3.63) is 23.8 Å². The molecule has 12 heavy (non-hydrogen) atoms. The third-order valence-electron chi connectivity index (χ3n) is 3.08. The van der Waals surface area contributed by atoms with Crippen molar-refractivity contribution < 1.29 is 0 Å². The highest BCUT2D eigenvalue weighted by Gasteiger charge is 2.23. The normalized spacial score (nSPS) is 20.8. The van der Waals surface area contributed by atoms with E-state index in [0.717, 1.165) is 6.42 Å². The molecule has 0 spiro atoms. The Labute approximate surface area is 76.4 Å². The molecule has 1 aliphatic rings. The molecule has 1 aliphatic carbocycles. The Hall–Kier alpha value is -0.520. The fourth-order valence-electron chi connectivity index (χ4n) is 1.68. The van der Waals surface area contributed by atoms with E-state index >= 15 is 0 Å². The van der Waals surface area contributed by atoms with Crippen molar-refractivity contribution in [3.63, 3.8) is 0 Å². The van der Waals surface area contributed by atoms with Gasteiger partial charge in [-0.25, -0.2) is 0 Å². The van der Waals surface area contributed by atoms with Crippen LogP contribution in [0.2, 0.25) is 0 Å². The minimum Gasteiger partial charge on any atom is -0.0804 e. The number of allylic oxidation sites excluding steroid dienone is 4. The molecular weight excluding hydrogens is 144 g/mol. The summed E-state index contributed by atoms with van der Waals surface area (Å²) in [6.45, 7) is 6.72. The van der Waals surface area contributed by atoms with Crippen LogP contribution in [-0.2, 0) is 0 Å². The molecule has 0 heterocycles. The van der Waals surface area contributed by atoms with Crippen LogP contribution in [0.5, 0.6) is 0 Å². The van der Waals surface area contributed by atoms with E-state index in [9.17, 15) is 0 Å². The fourth-order valence-corrected chi connectivity index (χ4v) is 1.68. The molecule has 0 amide bonds. The zero-order chi connectivity index (χ0) is 9.03. The summed E-state index contributed by atoms with van der Waals surface area (Å²) < 4.78 is 0. The van der Waals surface area contributed by atoms with Crippen LogP contribution in [0.1, 0.15) is 46.5 Å². The molecule has 0 atom stereocenters. The van der Waals surface area contributed by atoms with Crippen LogP contribution in [0.25, 0.3) is 0 Å². The van der Waals surface area contributed by atoms with Crippen molar-refractivity contribution >= 4 is 0 Å². The lowest BCUT2D eigenvalue weighted by Crippen LogP contribution is -2.17. The fraction of sp³-hybridized carbons (Fsp3) is 0.667. The van der Waals surface area contributed by atoms with Crippen LogP contribution < -0.4 is 0 Å². The molecule has 0 bridgehead atoms. The monoisotopic (exact) mass is 163 g/mol. The maximum atomic E-state index is 3.54. The Bertz CT molecular complexity index is 192. The van der Waals surface area contributed by atoms with E-state index in [2.05, 4.69) is 39.0 Å². The summed E-state index contributed by atoms with van der Waals surface area (Å²) in [4.78, 5) is 0. The first-order valence-electron chi connectivity index (χ1n) is 5.06. The smallest absolute Gasteiger partial charge is 0.00145 e. The predicted molar refractivity (Wildman–Crippen MR) is 53.8 cm³/mol. The quantitative estimate of drug-likeness (QED) is 0.592. The van der Waals surface area contributed by atoms with Gasteiger partial charge in [-0.1, -0.05) is 38.5 Å². The molecule has 1 radical (unpaired) electrons. The summed E-state index contributed by atoms with van der Waals surface area (Å²) in [7, 11) is 0.